The molecule has 0 aliphatic carbocycles. The van der Waals surface area contributed by atoms with Gasteiger partial charge in [0.1, 0.15) is 11.6 Å². The van der Waals surface area contributed by atoms with Gasteiger partial charge in [-0.15, -0.1) is 0 Å². The minimum absolute atomic E-state index is 0.147. The van der Waals surface area contributed by atoms with E-state index in [0.717, 1.165) is 31.4 Å². The molecule has 0 unspecified atom stereocenters. The number of allylic oxidation sites excluding steroid dienone is 2. The fraction of sp³-hybridized carbons (Fsp3) is 0.333. The van der Waals surface area contributed by atoms with Crippen LogP contribution in [0.4, 0.5) is 0 Å². The summed E-state index contributed by atoms with van der Waals surface area (Å²) >= 11 is 12.0. The van der Waals surface area contributed by atoms with E-state index in [1.807, 2.05) is 6.07 Å². The number of carbonyl (C=O) groups excluding carboxylic acids is 1. The van der Waals surface area contributed by atoms with Gasteiger partial charge >= 0.3 is 0 Å². The number of nitrogens with one attached hydrogen (secondary N) is 1. The summed E-state index contributed by atoms with van der Waals surface area (Å²) in [4.78, 5) is 12.5. The third-order valence-electron chi connectivity index (χ3n) is 3.33. The first-order chi connectivity index (χ1) is 9.54. The first-order valence-corrected chi connectivity index (χ1v) is 7.17. The van der Waals surface area contributed by atoms with Crippen molar-refractivity contribution >= 4 is 29.0 Å². The molecule has 1 fully saturated rings. The predicted octanol–water partition coefficient (Wildman–Crippen LogP) is 4.04. The second kappa shape index (κ2) is 6.30. The lowest BCUT2D eigenvalue weighted by atomic mass is 9.97. The van der Waals surface area contributed by atoms with Crippen molar-refractivity contribution < 1.29 is 4.79 Å². The van der Waals surface area contributed by atoms with Crippen LogP contribution in [0.2, 0.25) is 10.0 Å². The molecule has 0 spiro atoms. The number of carbonyl (C=O) groups is 1. The molecule has 0 bridgehead atoms. The maximum Gasteiger partial charge on any atom is 0.206 e. The molecular formula is C15H14Cl2N2O. The zero-order chi connectivity index (χ0) is 14.7. The van der Waals surface area contributed by atoms with Crippen LogP contribution in [0, 0.1) is 18.3 Å². The van der Waals surface area contributed by atoms with Crippen molar-refractivity contribution in [2.75, 3.05) is 6.54 Å². The van der Waals surface area contributed by atoms with Crippen LogP contribution < -0.4 is 5.32 Å². The van der Waals surface area contributed by atoms with Crippen molar-refractivity contribution in [3.05, 3.63) is 44.6 Å². The third kappa shape index (κ3) is 2.98. The highest BCUT2D eigenvalue weighted by molar-refractivity contribution is 6.38. The van der Waals surface area contributed by atoms with Gasteiger partial charge in [0.15, 0.2) is 0 Å². The van der Waals surface area contributed by atoms with E-state index in [0.29, 0.717) is 16.3 Å². The number of Topliss-reactive ketones (excluding diaryl/α,β-unsaturated/α-hetero) is 1. The second-order valence-electron chi connectivity index (χ2n) is 4.76. The molecule has 0 amide bonds. The number of rotatable bonds is 2. The Hall–Kier alpha value is -1.50. The fourth-order valence-electron chi connectivity index (χ4n) is 2.19. The highest BCUT2D eigenvalue weighted by atomic mass is 35.5. The van der Waals surface area contributed by atoms with Gasteiger partial charge in [-0.25, -0.2) is 0 Å². The Bertz CT molecular complexity index is 621. The highest BCUT2D eigenvalue weighted by Gasteiger charge is 2.21. The standard InChI is InChI=1S/C15H14Cl2N2O/c1-9-6-10(13(17)7-12(9)16)15(20)11(8-18)14-4-2-3-5-19-14/h6-7,19H,2-5H2,1H3/b14-11-. The molecule has 1 saturated heterocycles. The van der Waals surface area contributed by atoms with Crippen molar-refractivity contribution in [1.29, 1.82) is 5.26 Å². The van der Waals surface area contributed by atoms with E-state index in [-0.39, 0.29) is 16.4 Å². The lowest BCUT2D eigenvalue weighted by molar-refractivity contribution is 0.103. The normalized spacial score (nSPS) is 17.1. The number of nitrogens with zero attached hydrogens (tertiary/aromatic N) is 1. The molecule has 20 heavy (non-hydrogen) atoms. The number of halogens is 2. The molecule has 1 aliphatic heterocycles. The van der Waals surface area contributed by atoms with Crippen LogP contribution in [0.25, 0.3) is 0 Å². The molecule has 0 saturated carbocycles. The summed E-state index contributed by atoms with van der Waals surface area (Å²) in [5, 5.41) is 13.2. The Balaban J connectivity index is 2.44. The number of ketones is 1. The average Bonchev–Trinajstić information content (AvgIpc) is 2.44. The molecule has 104 valence electrons. The lowest BCUT2D eigenvalue weighted by Gasteiger charge is -2.18. The van der Waals surface area contributed by atoms with E-state index in [1.165, 1.54) is 0 Å². The van der Waals surface area contributed by atoms with Crippen molar-refractivity contribution in [3.8, 4) is 6.07 Å². The van der Waals surface area contributed by atoms with Gasteiger partial charge in [-0.2, -0.15) is 5.26 Å². The summed E-state index contributed by atoms with van der Waals surface area (Å²) in [6.45, 7) is 2.59. The summed E-state index contributed by atoms with van der Waals surface area (Å²) in [6.07, 6.45) is 2.75. The predicted molar refractivity (Wildman–Crippen MR) is 80.0 cm³/mol. The van der Waals surface area contributed by atoms with Gasteiger partial charge in [0.25, 0.3) is 0 Å². The van der Waals surface area contributed by atoms with E-state index in [4.69, 9.17) is 23.2 Å². The molecule has 2 rings (SSSR count). The largest absolute Gasteiger partial charge is 0.387 e. The summed E-state index contributed by atoms with van der Waals surface area (Å²) in [7, 11) is 0. The molecule has 1 N–H and O–H groups in total. The molecule has 1 heterocycles. The molecule has 1 aliphatic rings. The monoisotopic (exact) mass is 308 g/mol. The van der Waals surface area contributed by atoms with Crippen LogP contribution in [0.1, 0.15) is 35.2 Å². The Morgan fingerprint density at radius 1 is 1.30 bits per heavy atom. The van der Waals surface area contributed by atoms with E-state index >= 15 is 0 Å². The Morgan fingerprint density at radius 3 is 2.65 bits per heavy atom. The Labute approximate surface area is 128 Å². The van der Waals surface area contributed by atoms with E-state index in [1.54, 1.807) is 19.1 Å². The number of benzene rings is 1. The van der Waals surface area contributed by atoms with Crippen molar-refractivity contribution in [3.63, 3.8) is 0 Å². The highest BCUT2D eigenvalue weighted by Crippen LogP contribution is 2.28. The molecule has 0 aromatic heterocycles. The van der Waals surface area contributed by atoms with Crippen molar-refractivity contribution in [1.82, 2.24) is 5.32 Å². The number of piperidine rings is 1. The smallest absolute Gasteiger partial charge is 0.206 e. The maximum absolute atomic E-state index is 12.5. The van der Waals surface area contributed by atoms with Crippen LogP contribution >= 0.6 is 23.2 Å². The van der Waals surface area contributed by atoms with E-state index in [9.17, 15) is 10.1 Å². The van der Waals surface area contributed by atoms with Crippen LogP contribution in [0.3, 0.4) is 0 Å². The topological polar surface area (TPSA) is 52.9 Å². The molecule has 3 nitrogen and oxygen atoms in total. The third-order valence-corrected chi connectivity index (χ3v) is 4.05. The number of hydrogen-bond donors (Lipinski definition) is 1. The molecule has 0 radical (unpaired) electrons. The number of aryl methyl sites for hydroxylation is 1. The summed E-state index contributed by atoms with van der Waals surface area (Å²) < 4.78 is 0. The van der Waals surface area contributed by atoms with Crippen molar-refractivity contribution in [2.45, 2.75) is 26.2 Å². The molecule has 5 heteroatoms. The zero-order valence-corrected chi connectivity index (χ0v) is 12.6. The summed E-state index contributed by atoms with van der Waals surface area (Å²) in [5.41, 5.74) is 1.95. The number of hydrogen-bond acceptors (Lipinski definition) is 3. The first-order valence-electron chi connectivity index (χ1n) is 6.42. The maximum atomic E-state index is 12.5. The van der Waals surface area contributed by atoms with Gasteiger partial charge in [0.05, 0.1) is 5.02 Å². The Kier molecular flexibility index (Phi) is 4.69. The molecular weight excluding hydrogens is 295 g/mol. The molecule has 1 aromatic rings. The number of nitriles is 1. The van der Waals surface area contributed by atoms with E-state index in [2.05, 4.69) is 5.32 Å². The van der Waals surface area contributed by atoms with Crippen molar-refractivity contribution in [2.24, 2.45) is 0 Å². The van der Waals surface area contributed by atoms with Gasteiger partial charge < -0.3 is 5.32 Å². The first kappa shape index (κ1) is 14.9. The van der Waals surface area contributed by atoms with E-state index < -0.39 is 0 Å². The van der Waals surface area contributed by atoms with Gasteiger partial charge in [0.2, 0.25) is 5.78 Å². The van der Waals surface area contributed by atoms with Crippen LogP contribution in [0.15, 0.2) is 23.4 Å². The molecule has 1 aromatic carbocycles. The van der Waals surface area contributed by atoms with Crippen LogP contribution in [-0.4, -0.2) is 12.3 Å². The fourth-order valence-corrected chi connectivity index (χ4v) is 2.66. The van der Waals surface area contributed by atoms with Gasteiger partial charge in [-0.3, -0.25) is 4.79 Å². The summed E-state index contributed by atoms with van der Waals surface area (Å²) in [5.74, 6) is -0.346. The van der Waals surface area contributed by atoms with Crippen LogP contribution in [0.5, 0.6) is 0 Å². The van der Waals surface area contributed by atoms with Crippen LogP contribution in [-0.2, 0) is 0 Å². The Morgan fingerprint density at radius 2 is 2.05 bits per heavy atom. The quantitative estimate of drug-likeness (QED) is 0.510. The minimum atomic E-state index is -0.346. The molecule has 0 atom stereocenters. The average molecular weight is 309 g/mol. The van der Waals surface area contributed by atoms with Gasteiger partial charge in [0, 0.05) is 22.8 Å². The SMILES string of the molecule is Cc1cc(C(=O)/C(C#N)=C2/CCCCN2)c(Cl)cc1Cl. The van der Waals surface area contributed by atoms with Gasteiger partial charge in [-0.05, 0) is 43.9 Å². The lowest BCUT2D eigenvalue weighted by Crippen LogP contribution is -2.23. The zero-order valence-electron chi connectivity index (χ0n) is 11.1. The second-order valence-corrected chi connectivity index (χ2v) is 5.57. The van der Waals surface area contributed by atoms with Gasteiger partial charge in [-0.1, -0.05) is 23.2 Å². The minimum Gasteiger partial charge on any atom is -0.387 e. The summed E-state index contributed by atoms with van der Waals surface area (Å²) in [6, 6.07) is 5.18.